The smallest absolute Gasteiger partial charge is 0.336 e. The molecule has 0 fully saturated rings. The van der Waals surface area contributed by atoms with Gasteiger partial charge in [0.1, 0.15) is 11.3 Å². The molecule has 0 saturated carbocycles. The van der Waals surface area contributed by atoms with Gasteiger partial charge in [-0.1, -0.05) is 30.3 Å². The summed E-state index contributed by atoms with van der Waals surface area (Å²) < 4.78 is 29.5. The number of benzene rings is 3. The number of rotatable bonds is 6. The molecule has 0 spiro atoms. The Kier molecular flexibility index (Phi) is 5.30. The van der Waals surface area contributed by atoms with E-state index in [0.717, 1.165) is 22.6 Å². The third-order valence-corrected chi connectivity index (χ3v) is 4.64. The van der Waals surface area contributed by atoms with Crippen LogP contribution >= 0.6 is 0 Å². The topological polar surface area (TPSA) is 65.7 Å². The molecule has 0 aliphatic rings. The number of hydrogen-bond donors (Lipinski definition) is 0. The van der Waals surface area contributed by atoms with Crippen LogP contribution in [0.2, 0.25) is 0 Å². The van der Waals surface area contributed by atoms with Gasteiger partial charge in [-0.15, -0.1) is 0 Å². The van der Waals surface area contributed by atoms with E-state index in [1.807, 2.05) is 30.3 Å². The first-order valence-corrected chi connectivity index (χ1v) is 9.18. The lowest BCUT2D eigenvalue weighted by molar-refractivity contribution is 0.0921. The zero-order chi connectivity index (χ0) is 21.1. The van der Waals surface area contributed by atoms with Crippen molar-refractivity contribution in [2.45, 2.75) is 0 Å². The van der Waals surface area contributed by atoms with Crippen LogP contribution in [0, 0.1) is 5.82 Å². The largest absolute Gasteiger partial charge is 0.494 e. The maximum Gasteiger partial charge on any atom is 0.336 e. The van der Waals surface area contributed by atoms with Gasteiger partial charge in [0.15, 0.2) is 24.0 Å². The summed E-state index contributed by atoms with van der Waals surface area (Å²) in [5, 5.41) is 0.747. The molecule has 150 valence electrons. The van der Waals surface area contributed by atoms with Gasteiger partial charge in [0.25, 0.3) is 0 Å². The normalized spacial score (nSPS) is 10.7. The summed E-state index contributed by atoms with van der Waals surface area (Å²) in [7, 11) is 1.35. The van der Waals surface area contributed by atoms with Crippen LogP contribution in [0.15, 0.2) is 82.0 Å². The molecule has 0 amide bonds. The van der Waals surface area contributed by atoms with Crippen LogP contribution in [-0.2, 0) is 0 Å². The molecule has 1 heterocycles. The molecule has 4 aromatic rings. The number of carbonyl (C=O) groups is 1. The van der Waals surface area contributed by atoms with Crippen molar-refractivity contribution < 1.29 is 23.1 Å². The molecular weight excluding hydrogens is 387 g/mol. The molecule has 0 atom stereocenters. The van der Waals surface area contributed by atoms with Gasteiger partial charge in [-0.05, 0) is 41.5 Å². The Balaban J connectivity index is 1.58. The minimum absolute atomic E-state index is 0.0613. The highest BCUT2D eigenvalue weighted by Crippen LogP contribution is 2.29. The summed E-state index contributed by atoms with van der Waals surface area (Å²) in [6.45, 7) is -0.292. The van der Waals surface area contributed by atoms with Crippen molar-refractivity contribution >= 4 is 16.8 Å². The predicted molar refractivity (Wildman–Crippen MR) is 111 cm³/mol. The van der Waals surface area contributed by atoms with E-state index in [4.69, 9.17) is 13.9 Å². The summed E-state index contributed by atoms with van der Waals surface area (Å²) >= 11 is 0. The van der Waals surface area contributed by atoms with Crippen LogP contribution < -0.4 is 15.1 Å². The second-order valence-electron chi connectivity index (χ2n) is 6.56. The van der Waals surface area contributed by atoms with Crippen LogP contribution in [0.1, 0.15) is 10.4 Å². The molecule has 6 heteroatoms. The molecule has 1 aromatic heterocycles. The minimum atomic E-state index is -0.621. The predicted octanol–water partition coefficient (Wildman–Crippen LogP) is 4.87. The lowest BCUT2D eigenvalue weighted by Crippen LogP contribution is -2.12. The summed E-state index contributed by atoms with van der Waals surface area (Å²) in [5.74, 6) is -0.593. The average molecular weight is 404 g/mol. The average Bonchev–Trinajstić information content (AvgIpc) is 2.77. The standard InChI is InChI=1S/C24H17FO5/c1-28-22-10-7-16(11-20(22)25)21(26)14-29-17-8-9-18-19(15-5-3-2-4-6-15)13-24(27)30-23(18)12-17/h2-13H,14H2,1H3. The first-order chi connectivity index (χ1) is 14.5. The van der Waals surface area contributed by atoms with Gasteiger partial charge in [0.05, 0.1) is 7.11 Å². The Bertz CT molecular complexity index is 1280. The Hall–Kier alpha value is -3.93. The number of ether oxygens (including phenoxy) is 2. The van der Waals surface area contributed by atoms with E-state index in [1.54, 1.807) is 18.2 Å². The zero-order valence-electron chi connectivity index (χ0n) is 16.1. The van der Waals surface area contributed by atoms with E-state index in [2.05, 4.69) is 0 Å². The Labute approximate surface area is 171 Å². The van der Waals surface area contributed by atoms with Gasteiger partial charge in [-0.25, -0.2) is 9.18 Å². The van der Waals surface area contributed by atoms with Crippen molar-refractivity contribution in [1.82, 2.24) is 0 Å². The van der Waals surface area contributed by atoms with Crippen molar-refractivity contribution in [3.05, 3.63) is 94.6 Å². The van der Waals surface area contributed by atoms with Crippen LogP contribution in [0.5, 0.6) is 11.5 Å². The monoisotopic (exact) mass is 404 g/mol. The molecule has 3 aromatic carbocycles. The second-order valence-corrected chi connectivity index (χ2v) is 6.56. The molecule has 0 unspecified atom stereocenters. The maximum atomic E-state index is 13.8. The quantitative estimate of drug-likeness (QED) is 0.339. The van der Waals surface area contributed by atoms with E-state index < -0.39 is 17.2 Å². The Morgan fingerprint density at radius 3 is 2.53 bits per heavy atom. The van der Waals surface area contributed by atoms with Gasteiger partial charge in [-0.3, -0.25) is 4.79 Å². The SMILES string of the molecule is COc1ccc(C(=O)COc2ccc3c(-c4ccccc4)cc(=O)oc3c2)cc1F. The Morgan fingerprint density at radius 1 is 1.00 bits per heavy atom. The highest BCUT2D eigenvalue weighted by atomic mass is 19.1. The zero-order valence-corrected chi connectivity index (χ0v) is 16.1. The van der Waals surface area contributed by atoms with Crippen molar-refractivity contribution in [3.63, 3.8) is 0 Å². The van der Waals surface area contributed by atoms with Crippen molar-refractivity contribution in [1.29, 1.82) is 0 Å². The highest BCUT2D eigenvalue weighted by Gasteiger charge is 2.13. The molecule has 0 N–H and O–H groups in total. The van der Waals surface area contributed by atoms with E-state index in [1.165, 1.54) is 25.3 Å². The summed E-state index contributed by atoms with van der Waals surface area (Å²) in [6, 6.07) is 19.9. The molecule has 4 rings (SSSR count). The fourth-order valence-electron chi connectivity index (χ4n) is 3.16. The van der Waals surface area contributed by atoms with Crippen molar-refractivity contribution in [2.75, 3.05) is 13.7 Å². The number of halogens is 1. The third kappa shape index (κ3) is 3.93. The lowest BCUT2D eigenvalue weighted by atomic mass is 10.0. The first-order valence-electron chi connectivity index (χ1n) is 9.18. The molecule has 0 aliphatic carbocycles. The lowest BCUT2D eigenvalue weighted by Gasteiger charge is -2.09. The Morgan fingerprint density at radius 2 is 1.80 bits per heavy atom. The van der Waals surface area contributed by atoms with Crippen LogP contribution in [0.4, 0.5) is 4.39 Å². The number of ketones is 1. The molecule has 30 heavy (non-hydrogen) atoms. The number of hydrogen-bond acceptors (Lipinski definition) is 5. The molecule has 0 saturated heterocycles. The third-order valence-electron chi connectivity index (χ3n) is 4.64. The summed E-state index contributed by atoms with van der Waals surface area (Å²) in [6.07, 6.45) is 0. The van der Waals surface area contributed by atoms with E-state index in [9.17, 15) is 14.0 Å². The fraction of sp³-hybridized carbons (Fsp3) is 0.0833. The number of Topliss-reactive ketones (excluding diaryl/α,β-unsaturated/α-hetero) is 1. The van der Waals surface area contributed by atoms with Crippen molar-refractivity contribution in [3.8, 4) is 22.6 Å². The van der Waals surface area contributed by atoms with Gasteiger partial charge in [0.2, 0.25) is 0 Å². The molecule has 0 radical (unpaired) electrons. The highest BCUT2D eigenvalue weighted by molar-refractivity contribution is 5.97. The van der Waals surface area contributed by atoms with Gasteiger partial charge in [-0.2, -0.15) is 0 Å². The van der Waals surface area contributed by atoms with Crippen LogP contribution in [0.25, 0.3) is 22.1 Å². The molecule has 5 nitrogen and oxygen atoms in total. The molecule has 0 bridgehead atoms. The molecular formula is C24H17FO5. The van der Waals surface area contributed by atoms with E-state index >= 15 is 0 Å². The van der Waals surface area contributed by atoms with Gasteiger partial charge >= 0.3 is 5.63 Å². The molecule has 0 aliphatic heterocycles. The summed E-state index contributed by atoms with van der Waals surface area (Å²) in [4.78, 5) is 24.3. The van der Waals surface area contributed by atoms with Gasteiger partial charge in [0, 0.05) is 23.1 Å². The second kappa shape index (κ2) is 8.21. The van der Waals surface area contributed by atoms with Crippen LogP contribution in [0.3, 0.4) is 0 Å². The number of fused-ring (bicyclic) bond motifs is 1. The summed E-state index contributed by atoms with van der Waals surface area (Å²) in [5.41, 5.74) is 1.68. The van der Waals surface area contributed by atoms with Crippen molar-refractivity contribution in [2.24, 2.45) is 0 Å². The first kappa shape index (κ1) is 19.4. The fourth-order valence-corrected chi connectivity index (χ4v) is 3.16. The van der Waals surface area contributed by atoms with E-state index in [-0.39, 0.29) is 17.9 Å². The van der Waals surface area contributed by atoms with E-state index in [0.29, 0.717) is 11.3 Å². The number of methoxy groups -OCH3 is 1. The maximum absolute atomic E-state index is 13.8. The van der Waals surface area contributed by atoms with Crippen LogP contribution in [-0.4, -0.2) is 19.5 Å². The van der Waals surface area contributed by atoms with Gasteiger partial charge < -0.3 is 13.9 Å². The minimum Gasteiger partial charge on any atom is -0.494 e. The number of carbonyl (C=O) groups excluding carboxylic acids is 1.